The average Bonchev–Trinajstić information content (AvgIpc) is 3.65. The predicted molar refractivity (Wildman–Crippen MR) is 137 cm³/mol. The molecule has 0 spiro atoms. The van der Waals surface area contributed by atoms with Gasteiger partial charge >= 0.3 is 0 Å². The molecule has 8 nitrogen and oxygen atoms in total. The van der Waals surface area contributed by atoms with E-state index in [1.54, 1.807) is 18.4 Å². The van der Waals surface area contributed by atoms with Crippen LogP contribution < -0.4 is 10.6 Å². The average molecular weight is 495 g/mol. The maximum atomic E-state index is 13.9. The molecular formula is C26H34N6O2S. The molecule has 3 aromatic heterocycles. The Balaban J connectivity index is 1.38. The van der Waals surface area contributed by atoms with Gasteiger partial charge in [0.05, 0.1) is 29.5 Å². The smallest absolute Gasteiger partial charge is 0.246 e. The zero-order chi connectivity index (χ0) is 24.4. The molecule has 0 bridgehead atoms. The fourth-order valence-corrected chi connectivity index (χ4v) is 6.39. The van der Waals surface area contributed by atoms with Crippen LogP contribution in [-0.4, -0.2) is 57.0 Å². The van der Waals surface area contributed by atoms with Crippen molar-refractivity contribution in [3.05, 3.63) is 41.0 Å². The molecule has 1 aliphatic carbocycles. The minimum Gasteiger partial charge on any atom is -0.343 e. The first kappa shape index (κ1) is 23.9. The molecule has 9 heteroatoms. The number of likely N-dealkylation sites (N-methyl/N-ethyl adjacent to an activating group) is 1. The molecule has 1 saturated carbocycles. The normalized spacial score (nSPS) is 20.7. The van der Waals surface area contributed by atoms with E-state index < -0.39 is 6.04 Å². The first-order valence-electron chi connectivity index (χ1n) is 12.7. The number of nitrogens with zero attached hydrogens (tertiary/aromatic N) is 4. The summed E-state index contributed by atoms with van der Waals surface area (Å²) in [7, 11) is 1.77. The zero-order valence-electron chi connectivity index (χ0n) is 20.4. The van der Waals surface area contributed by atoms with E-state index in [9.17, 15) is 9.59 Å². The van der Waals surface area contributed by atoms with Gasteiger partial charge in [0.15, 0.2) is 0 Å². The van der Waals surface area contributed by atoms with E-state index in [0.29, 0.717) is 6.54 Å². The van der Waals surface area contributed by atoms with Crippen molar-refractivity contribution < 1.29 is 9.59 Å². The van der Waals surface area contributed by atoms with Gasteiger partial charge in [0.1, 0.15) is 11.0 Å². The third-order valence-corrected chi connectivity index (χ3v) is 8.50. The molecular weight excluding hydrogens is 460 g/mol. The summed E-state index contributed by atoms with van der Waals surface area (Å²) in [6.07, 6.45) is 11.0. The predicted octanol–water partition coefficient (Wildman–Crippen LogP) is 3.79. The third-order valence-electron chi connectivity index (χ3n) is 7.56. The number of carbonyl (C=O) groups is 2. The van der Waals surface area contributed by atoms with Crippen molar-refractivity contribution in [2.75, 3.05) is 13.6 Å². The number of hydrogen-bond donors (Lipinski definition) is 2. The maximum absolute atomic E-state index is 13.9. The Labute approximate surface area is 210 Å². The van der Waals surface area contributed by atoms with Crippen molar-refractivity contribution in [1.29, 1.82) is 0 Å². The molecule has 2 N–H and O–H groups in total. The molecule has 0 unspecified atom stereocenters. The highest BCUT2D eigenvalue weighted by molar-refractivity contribution is 7.10. The number of hydrogen-bond acceptors (Lipinski definition) is 6. The maximum Gasteiger partial charge on any atom is 0.246 e. The summed E-state index contributed by atoms with van der Waals surface area (Å²) >= 11 is 1.61. The molecule has 2 fully saturated rings. The van der Waals surface area contributed by atoms with Crippen molar-refractivity contribution >= 4 is 28.7 Å². The minimum absolute atomic E-state index is 0.0452. The van der Waals surface area contributed by atoms with Gasteiger partial charge in [0.25, 0.3) is 0 Å². The van der Waals surface area contributed by atoms with Gasteiger partial charge in [0, 0.05) is 23.7 Å². The number of nitrogens with one attached hydrogen (secondary N) is 2. The topological polar surface area (TPSA) is 91.6 Å². The molecule has 3 aromatic rings. The largest absolute Gasteiger partial charge is 0.343 e. The lowest BCUT2D eigenvalue weighted by molar-refractivity contribution is -0.139. The van der Waals surface area contributed by atoms with Gasteiger partial charge in [-0.15, -0.1) is 11.3 Å². The quantitative estimate of drug-likeness (QED) is 0.521. The molecule has 2 aliphatic rings. The number of carbonyl (C=O) groups excluding carboxylic acids is 2. The molecule has 0 radical (unpaired) electrons. The van der Waals surface area contributed by atoms with E-state index in [1.165, 1.54) is 6.42 Å². The highest BCUT2D eigenvalue weighted by atomic mass is 32.1. The Morgan fingerprint density at radius 2 is 1.97 bits per heavy atom. The van der Waals surface area contributed by atoms with E-state index in [2.05, 4.69) is 21.1 Å². The van der Waals surface area contributed by atoms with E-state index in [-0.39, 0.29) is 29.8 Å². The van der Waals surface area contributed by atoms with Gasteiger partial charge in [-0.05, 0) is 57.7 Å². The van der Waals surface area contributed by atoms with Crippen LogP contribution in [0.5, 0.6) is 0 Å². The standard InChI is InChI=1S/C26H34N6O2S/c1-17(27-2)24(33)30-23(18-9-4-3-5-10-18)26(34)31-13-8-12-22(31)25-29-20(16-35-25)19-15-28-32-14-7-6-11-21(19)32/h6-7,11,14-18,22-23,27H,3-5,8-10,12-13H2,1-2H3,(H,30,33)/t17-,22-,23-/m0/s1. The van der Waals surface area contributed by atoms with Gasteiger partial charge in [0.2, 0.25) is 11.8 Å². The van der Waals surface area contributed by atoms with Crippen LogP contribution in [0, 0.1) is 5.92 Å². The number of pyridine rings is 1. The van der Waals surface area contributed by atoms with Gasteiger partial charge in [-0.2, -0.15) is 5.10 Å². The van der Waals surface area contributed by atoms with Crippen LogP contribution in [0.3, 0.4) is 0 Å². The van der Waals surface area contributed by atoms with Crippen molar-refractivity contribution in [1.82, 2.24) is 30.1 Å². The lowest BCUT2D eigenvalue weighted by Gasteiger charge is -2.35. The molecule has 3 atom stereocenters. The molecule has 5 rings (SSSR count). The number of aromatic nitrogens is 3. The van der Waals surface area contributed by atoms with Gasteiger partial charge in [-0.25, -0.2) is 9.50 Å². The summed E-state index contributed by atoms with van der Waals surface area (Å²) in [4.78, 5) is 33.7. The molecule has 1 aliphatic heterocycles. The number of rotatable bonds is 7. The number of amides is 2. The van der Waals surface area contributed by atoms with Crippen molar-refractivity contribution in [3.8, 4) is 11.3 Å². The number of fused-ring (bicyclic) bond motifs is 1. The highest BCUT2D eigenvalue weighted by Gasteiger charge is 2.40. The SMILES string of the molecule is CN[C@@H](C)C(=O)N[C@H](C(=O)N1CCC[C@H]1c1nc(-c2cnn3ccccc23)cs1)C1CCCCC1. The lowest BCUT2D eigenvalue weighted by atomic mass is 9.83. The minimum atomic E-state index is -0.474. The van der Waals surface area contributed by atoms with Crippen LogP contribution >= 0.6 is 11.3 Å². The van der Waals surface area contributed by atoms with Crippen molar-refractivity contribution in [2.45, 2.75) is 70.0 Å². The molecule has 1 saturated heterocycles. The number of thiazole rings is 1. The second-order valence-corrected chi connectivity index (χ2v) is 10.6. The Kier molecular flexibility index (Phi) is 7.15. The second kappa shape index (κ2) is 10.5. The first-order valence-corrected chi connectivity index (χ1v) is 13.6. The highest BCUT2D eigenvalue weighted by Crippen LogP contribution is 2.38. The van der Waals surface area contributed by atoms with Crippen LogP contribution in [0.25, 0.3) is 16.8 Å². The number of likely N-dealkylation sites (tertiary alicyclic amines) is 1. The van der Waals surface area contributed by atoms with Crippen LogP contribution in [-0.2, 0) is 9.59 Å². The third kappa shape index (κ3) is 4.84. The lowest BCUT2D eigenvalue weighted by Crippen LogP contribution is -2.55. The fourth-order valence-electron chi connectivity index (χ4n) is 5.42. The van der Waals surface area contributed by atoms with Gasteiger partial charge in [-0.3, -0.25) is 9.59 Å². The molecule has 2 amide bonds. The van der Waals surface area contributed by atoms with Crippen LogP contribution in [0.2, 0.25) is 0 Å². The summed E-state index contributed by atoms with van der Waals surface area (Å²) in [6, 6.07) is 5.13. The van der Waals surface area contributed by atoms with E-state index >= 15 is 0 Å². The van der Waals surface area contributed by atoms with E-state index in [4.69, 9.17) is 4.98 Å². The van der Waals surface area contributed by atoms with E-state index in [0.717, 1.165) is 60.3 Å². The summed E-state index contributed by atoms with van der Waals surface area (Å²) in [5.74, 6) is 0.122. The monoisotopic (exact) mass is 494 g/mol. The first-order chi connectivity index (χ1) is 17.1. The Morgan fingerprint density at radius 3 is 2.77 bits per heavy atom. The van der Waals surface area contributed by atoms with Crippen LogP contribution in [0.4, 0.5) is 0 Å². The Morgan fingerprint density at radius 1 is 1.14 bits per heavy atom. The fraction of sp³-hybridized carbons (Fsp3) is 0.538. The van der Waals surface area contributed by atoms with E-state index in [1.807, 2.05) is 46.9 Å². The molecule has 0 aromatic carbocycles. The zero-order valence-corrected chi connectivity index (χ0v) is 21.3. The van der Waals surface area contributed by atoms with Crippen LogP contribution in [0.15, 0.2) is 36.0 Å². The van der Waals surface area contributed by atoms with Gasteiger partial charge < -0.3 is 15.5 Å². The summed E-state index contributed by atoms with van der Waals surface area (Å²) < 4.78 is 1.85. The Hall–Kier alpha value is -2.78. The summed E-state index contributed by atoms with van der Waals surface area (Å²) in [5.41, 5.74) is 2.91. The Bertz CT molecular complexity index is 1180. The molecule has 4 heterocycles. The second-order valence-electron chi connectivity index (χ2n) is 9.74. The van der Waals surface area contributed by atoms with Gasteiger partial charge in [-0.1, -0.05) is 25.3 Å². The molecule has 186 valence electrons. The summed E-state index contributed by atoms with van der Waals surface area (Å²) in [5, 5.41) is 13.6. The van der Waals surface area contributed by atoms with Crippen molar-refractivity contribution in [3.63, 3.8) is 0 Å². The summed E-state index contributed by atoms with van der Waals surface area (Å²) in [6.45, 7) is 2.53. The van der Waals surface area contributed by atoms with Crippen LogP contribution in [0.1, 0.15) is 62.9 Å². The van der Waals surface area contributed by atoms with Crippen molar-refractivity contribution in [2.24, 2.45) is 5.92 Å². The molecule has 35 heavy (non-hydrogen) atoms.